The molecule has 1 aromatic carbocycles. The Hall–Kier alpha value is -4.16. The maximum atomic E-state index is 14.3. The molecule has 0 bridgehead atoms. The monoisotopic (exact) mass is 496 g/mol. The third-order valence-corrected chi connectivity index (χ3v) is 5.62. The number of aliphatic carboxylic acids is 1. The van der Waals surface area contributed by atoms with Crippen molar-refractivity contribution in [2.45, 2.75) is 31.9 Å². The number of halogens is 1. The lowest BCUT2D eigenvalue weighted by Crippen LogP contribution is -2.33. The predicted molar refractivity (Wildman–Crippen MR) is 128 cm³/mol. The van der Waals surface area contributed by atoms with Crippen molar-refractivity contribution in [1.29, 1.82) is 0 Å². The zero-order valence-corrected chi connectivity index (χ0v) is 19.6. The zero-order valence-electron chi connectivity index (χ0n) is 19.6. The number of pyridine rings is 1. The molecule has 0 saturated heterocycles. The lowest BCUT2D eigenvalue weighted by molar-refractivity contribution is -0.147. The maximum Gasteiger partial charge on any atom is 0.332 e. The van der Waals surface area contributed by atoms with E-state index in [1.54, 1.807) is 31.2 Å². The van der Waals surface area contributed by atoms with Crippen molar-refractivity contribution < 1.29 is 29.0 Å². The molecule has 1 aliphatic rings. The van der Waals surface area contributed by atoms with Crippen LogP contribution in [0, 0.1) is 12.7 Å². The van der Waals surface area contributed by atoms with Gasteiger partial charge in [-0.05, 0) is 30.7 Å². The molecule has 4 rings (SSSR count). The van der Waals surface area contributed by atoms with Crippen LogP contribution in [0.5, 0.6) is 5.88 Å². The number of rotatable bonds is 8. The number of nitrogens with one attached hydrogen (secondary N) is 1. The number of carboxylic acid groups (broad SMARTS) is 1. The first-order chi connectivity index (χ1) is 17.3. The molecule has 3 heterocycles. The molecule has 0 amide bonds. The number of benzene rings is 1. The Labute approximate surface area is 205 Å². The minimum atomic E-state index is -1.55. The summed E-state index contributed by atoms with van der Waals surface area (Å²) in [6.45, 7) is 1.66. The number of aromatic nitrogens is 3. The van der Waals surface area contributed by atoms with Gasteiger partial charge in [0.1, 0.15) is 5.82 Å². The summed E-state index contributed by atoms with van der Waals surface area (Å²) in [7, 11) is 1.50. The van der Waals surface area contributed by atoms with Gasteiger partial charge < -0.3 is 20.7 Å². The van der Waals surface area contributed by atoms with Crippen LogP contribution >= 0.6 is 0 Å². The fourth-order valence-electron chi connectivity index (χ4n) is 3.95. The first-order valence-electron chi connectivity index (χ1n) is 11.1. The average Bonchev–Trinajstić information content (AvgIpc) is 2.85. The molecule has 11 nitrogen and oxygen atoms in total. The molecule has 0 unspecified atom stereocenters. The van der Waals surface area contributed by atoms with Crippen molar-refractivity contribution in [3.63, 3.8) is 0 Å². The maximum absolute atomic E-state index is 14.3. The lowest BCUT2D eigenvalue weighted by atomic mass is 9.91. The number of nitrogens with two attached hydrogens (primary N) is 1. The van der Waals surface area contributed by atoms with E-state index in [9.17, 15) is 14.3 Å². The molecule has 2 atom stereocenters. The first kappa shape index (κ1) is 24.9. The second kappa shape index (κ2) is 10.6. The minimum Gasteiger partial charge on any atom is -0.481 e. The SMILES string of the molecule is COc1cccc(-c2cc(F)ccc2[C@H]2Cc3nc(N)nc(C)c3C(NOCC[C@H](O)C(=O)O)=N2)n1. The summed E-state index contributed by atoms with van der Waals surface area (Å²) in [6.07, 6.45) is -1.33. The lowest BCUT2D eigenvalue weighted by Gasteiger charge is -2.26. The number of methoxy groups -OCH3 is 1. The van der Waals surface area contributed by atoms with Gasteiger partial charge in [-0.3, -0.25) is 9.83 Å². The number of aryl methyl sites for hydroxylation is 1. The topological polar surface area (TPSA) is 165 Å². The molecule has 36 heavy (non-hydrogen) atoms. The summed E-state index contributed by atoms with van der Waals surface area (Å²) in [5.74, 6) is -0.980. The second-order valence-corrected chi connectivity index (χ2v) is 8.08. The molecule has 1 aliphatic heterocycles. The van der Waals surface area contributed by atoms with E-state index in [-0.39, 0.29) is 19.0 Å². The summed E-state index contributed by atoms with van der Waals surface area (Å²) in [5.41, 5.74) is 12.2. The van der Waals surface area contributed by atoms with Crippen LogP contribution in [0.25, 0.3) is 11.3 Å². The highest BCUT2D eigenvalue weighted by Gasteiger charge is 2.29. The number of ether oxygens (including phenoxy) is 1. The number of amidine groups is 1. The molecule has 0 spiro atoms. The summed E-state index contributed by atoms with van der Waals surface area (Å²) >= 11 is 0. The Morgan fingerprint density at radius 3 is 2.83 bits per heavy atom. The van der Waals surface area contributed by atoms with Gasteiger partial charge in [0.15, 0.2) is 11.9 Å². The van der Waals surface area contributed by atoms with Gasteiger partial charge in [0.05, 0.1) is 42.4 Å². The van der Waals surface area contributed by atoms with E-state index in [4.69, 9.17) is 25.4 Å². The van der Waals surface area contributed by atoms with Gasteiger partial charge in [-0.1, -0.05) is 12.1 Å². The number of nitrogens with zero attached hydrogens (tertiary/aromatic N) is 4. The van der Waals surface area contributed by atoms with Crippen LogP contribution in [0.3, 0.4) is 0 Å². The molecule has 2 aromatic heterocycles. The quantitative estimate of drug-likeness (QED) is 0.268. The fourth-order valence-corrected chi connectivity index (χ4v) is 3.95. The Morgan fingerprint density at radius 2 is 2.08 bits per heavy atom. The molecule has 0 aliphatic carbocycles. The van der Waals surface area contributed by atoms with Crippen LogP contribution in [0.4, 0.5) is 10.3 Å². The molecule has 188 valence electrons. The Kier molecular flexibility index (Phi) is 7.36. The van der Waals surface area contributed by atoms with Crippen molar-refractivity contribution in [2.24, 2.45) is 4.99 Å². The van der Waals surface area contributed by atoms with Gasteiger partial charge >= 0.3 is 5.97 Å². The van der Waals surface area contributed by atoms with E-state index in [0.29, 0.717) is 51.9 Å². The molecule has 12 heteroatoms. The average molecular weight is 496 g/mol. The Balaban J connectivity index is 1.71. The third kappa shape index (κ3) is 5.39. The largest absolute Gasteiger partial charge is 0.481 e. The predicted octanol–water partition coefficient (Wildman–Crippen LogP) is 1.98. The second-order valence-electron chi connectivity index (χ2n) is 8.08. The van der Waals surface area contributed by atoms with E-state index in [0.717, 1.165) is 0 Å². The summed E-state index contributed by atoms with van der Waals surface area (Å²) in [4.78, 5) is 34.1. The van der Waals surface area contributed by atoms with Crippen LogP contribution in [-0.2, 0) is 16.1 Å². The highest BCUT2D eigenvalue weighted by Crippen LogP contribution is 2.36. The number of anilines is 1. The van der Waals surface area contributed by atoms with Gasteiger partial charge in [0.2, 0.25) is 11.8 Å². The highest BCUT2D eigenvalue weighted by molar-refractivity contribution is 6.01. The number of nitrogen functional groups attached to an aromatic ring is 1. The van der Waals surface area contributed by atoms with Gasteiger partial charge in [0, 0.05) is 24.5 Å². The number of hydrogen-bond acceptors (Lipinski definition) is 10. The van der Waals surface area contributed by atoms with Crippen LogP contribution in [0.15, 0.2) is 41.4 Å². The number of fused-ring (bicyclic) bond motifs is 1. The number of aliphatic hydroxyl groups is 1. The summed E-state index contributed by atoms with van der Waals surface area (Å²) in [6, 6.07) is 9.08. The summed E-state index contributed by atoms with van der Waals surface area (Å²) < 4.78 is 19.5. The molecule has 0 saturated carbocycles. The van der Waals surface area contributed by atoms with Gasteiger partial charge in [-0.2, -0.15) is 0 Å². The van der Waals surface area contributed by atoms with Crippen LogP contribution in [0.1, 0.15) is 35.0 Å². The normalized spacial score (nSPS) is 15.6. The van der Waals surface area contributed by atoms with E-state index < -0.39 is 23.9 Å². The molecule has 3 aromatic rings. The Morgan fingerprint density at radius 1 is 1.28 bits per heavy atom. The van der Waals surface area contributed by atoms with Crippen LogP contribution in [-0.4, -0.2) is 56.8 Å². The van der Waals surface area contributed by atoms with E-state index in [1.165, 1.54) is 19.2 Å². The number of hydroxylamine groups is 1. The fraction of sp³-hybridized carbons (Fsp3) is 0.292. The molecular formula is C24H25FN6O5. The van der Waals surface area contributed by atoms with Crippen molar-refractivity contribution >= 4 is 17.8 Å². The number of carbonyl (C=O) groups is 1. The van der Waals surface area contributed by atoms with E-state index >= 15 is 0 Å². The third-order valence-electron chi connectivity index (χ3n) is 5.62. The van der Waals surface area contributed by atoms with E-state index in [1.807, 2.05) is 0 Å². The smallest absolute Gasteiger partial charge is 0.332 e. The number of aliphatic hydroxyl groups excluding tert-OH is 1. The van der Waals surface area contributed by atoms with Gasteiger partial charge in [-0.15, -0.1) is 0 Å². The van der Waals surface area contributed by atoms with Crippen LogP contribution in [0.2, 0.25) is 0 Å². The van der Waals surface area contributed by atoms with Gasteiger partial charge in [-0.25, -0.2) is 29.6 Å². The van der Waals surface area contributed by atoms with Crippen molar-refractivity contribution in [3.05, 3.63) is 64.7 Å². The minimum absolute atomic E-state index is 0.100. The molecule has 0 radical (unpaired) electrons. The standard InChI is InChI=1S/C24H25FN6O5/c1-12-21-18(30-24(26)27-12)11-17(29-22(21)31-36-9-8-19(32)23(33)34)14-7-6-13(25)10-15(14)16-4-3-5-20(28-16)35-2/h3-7,10,17,19,32H,8-9,11H2,1-2H3,(H,29,31)(H,33,34)(H2,26,27,30)/t17-,19+/m1/s1. The number of aliphatic imine (C=N–C) groups is 1. The number of carboxylic acids is 1. The highest BCUT2D eigenvalue weighted by atomic mass is 19.1. The Bertz CT molecular complexity index is 1320. The van der Waals surface area contributed by atoms with E-state index in [2.05, 4.69) is 20.4 Å². The first-order valence-corrected chi connectivity index (χ1v) is 11.1. The van der Waals surface area contributed by atoms with Gasteiger partial charge in [0.25, 0.3) is 0 Å². The molecule has 0 fully saturated rings. The molecule has 5 N–H and O–H groups in total. The van der Waals surface area contributed by atoms with Crippen LogP contribution < -0.4 is 16.0 Å². The zero-order chi connectivity index (χ0) is 25.8. The number of hydrogen-bond donors (Lipinski definition) is 4. The van der Waals surface area contributed by atoms with Crippen molar-refractivity contribution in [1.82, 2.24) is 20.4 Å². The summed E-state index contributed by atoms with van der Waals surface area (Å²) in [5, 5.41) is 18.3. The van der Waals surface area contributed by atoms with Crippen molar-refractivity contribution in [2.75, 3.05) is 19.5 Å². The van der Waals surface area contributed by atoms with Crippen molar-refractivity contribution in [3.8, 4) is 17.1 Å². The molecular weight excluding hydrogens is 471 g/mol.